The smallest absolute Gasteiger partial charge is 0.283 e. The van der Waals surface area contributed by atoms with Crippen LogP contribution in [0.3, 0.4) is 0 Å². The molecular weight excluding hydrogens is 460 g/mol. The van der Waals surface area contributed by atoms with Crippen LogP contribution in [0.4, 0.5) is 5.69 Å². The zero-order chi connectivity index (χ0) is 24.8. The Kier molecular flexibility index (Phi) is 7.82. The van der Waals surface area contributed by atoms with Crippen molar-refractivity contribution in [3.63, 3.8) is 0 Å². The number of carbonyl (C=O) groups excluding carboxylic acids is 1. The van der Waals surface area contributed by atoms with Crippen molar-refractivity contribution in [1.29, 1.82) is 0 Å². The summed E-state index contributed by atoms with van der Waals surface area (Å²) in [5.41, 5.74) is 2.94. The zero-order valence-corrected chi connectivity index (χ0v) is 20.5. The van der Waals surface area contributed by atoms with Crippen LogP contribution in [0.5, 0.6) is 0 Å². The maximum Gasteiger partial charge on any atom is 0.283 e. The van der Waals surface area contributed by atoms with Gasteiger partial charge >= 0.3 is 0 Å². The predicted molar refractivity (Wildman–Crippen MR) is 140 cm³/mol. The lowest BCUT2D eigenvalue weighted by Gasteiger charge is -2.17. The molecule has 0 saturated carbocycles. The number of aromatic nitrogens is 2. The second-order valence-corrected chi connectivity index (χ2v) is 9.96. The summed E-state index contributed by atoms with van der Waals surface area (Å²) in [6, 6.07) is 21.8. The zero-order valence-electron chi connectivity index (χ0n) is 19.7. The van der Waals surface area contributed by atoms with Crippen LogP contribution >= 0.6 is 11.8 Å². The molecule has 0 aliphatic rings. The Labute approximate surface area is 208 Å². The van der Waals surface area contributed by atoms with Gasteiger partial charge in [0.1, 0.15) is 5.82 Å². The molecule has 0 fully saturated rings. The Hall–Kier alpha value is -3.65. The van der Waals surface area contributed by atoms with E-state index in [1.807, 2.05) is 54.6 Å². The number of thioether (sulfide) groups is 1. The van der Waals surface area contributed by atoms with E-state index in [1.54, 1.807) is 12.1 Å². The molecule has 35 heavy (non-hydrogen) atoms. The Balaban J connectivity index is 1.59. The largest absolute Gasteiger partial charge is 0.342 e. The molecule has 1 amide bonds. The molecule has 180 valence electrons. The molecule has 3 aromatic carbocycles. The Morgan fingerprint density at radius 1 is 1.09 bits per heavy atom. The maximum atomic E-state index is 13.2. The number of H-pyrrole nitrogens is 1. The second-order valence-electron chi connectivity index (χ2n) is 8.83. The molecule has 8 heteroatoms. The number of para-hydroxylation sites is 2. The van der Waals surface area contributed by atoms with Gasteiger partial charge in [-0.3, -0.25) is 14.9 Å². The second kappa shape index (κ2) is 11.2. The number of aromatic amines is 1. The fourth-order valence-corrected chi connectivity index (χ4v) is 5.03. The molecule has 0 radical (unpaired) electrons. The fraction of sp³-hybridized carbons (Fsp3) is 0.259. The van der Waals surface area contributed by atoms with Gasteiger partial charge in [-0.15, -0.1) is 11.8 Å². The molecule has 0 aliphatic carbocycles. The summed E-state index contributed by atoms with van der Waals surface area (Å²) in [6.07, 6.45) is 1.49. The number of nitrogens with one attached hydrogen (secondary N) is 2. The van der Waals surface area contributed by atoms with Crippen LogP contribution in [-0.4, -0.2) is 26.6 Å². The number of carbonyl (C=O) groups is 1. The molecule has 1 atom stereocenters. The van der Waals surface area contributed by atoms with E-state index < -0.39 is 11.0 Å². The number of imidazole rings is 1. The number of nitrogens with zero attached hydrogens (tertiary/aromatic N) is 2. The van der Waals surface area contributed by atoms with Crippen molar-refractivity contribution < 1.29 is 9.72 Å². The molecule has 7 nitrogen and oxygen atoms in total. The van der Waals surface area contributed by atoms with Crippen molar-refractivity contribution in [2.75, 3.05) is 5.75 Å². The van der Waals surface area contributed by atoms with Gasteiger partial charge in [-0.25, -0.2) is 4.98 Å². The summed E-state index contributed by atoms with van der Waals surface area (Å²) in [7, 11) is 0. The number of rotatable bonds is 10. The summed E-state index contributed by atoms with van der Waals surface area (Å²) < 4.78 is 0. The van der Waals surface area contributed by atoms with Gasteiger partial charge in [-0.1, -0.05) is 56.3 Å². The van der Waals surface area contributed by atoms with Crippen LogP contribution in [0, 0.1) is 16.0 Å². The quantitative estimate of drug-likeness (QED) is 0.154. The summed E-state index contributed by atoms with van der Waals surface area (Å²) in [4.78, 5) is 33.1. The molecule has 4 rings (SSSR count). The van der Waals surface area contributed by atoms with Gasteiger partial charge in [0.25, 0.3) is 11.6 Å². The monoisotopic (exact) mass is 488 g/mol. The molecular formula is C27H28N4O3S. The predicted octanol–water partition coefficient (Wildman–Crippen LogP) is 6.32. The van der Waals surface area contributed by atoms with Gasteiger partial charge in [0.05, 0.1) is 26.9 Å². The highest BCUT2D eigenvalue weighted by molar-refractivity contribution is 7.99. The third-order valence-corrected chi connectivity index (χ3v) is 6.79. The number of fused-ring (bicyclic) bond motifs is 1. The molecule has 1 heterocycles. The van der Waals surface area contributed by atoms with Crippen molar-refractivity contribution in [3.8, 4) is 0 Å². The van der Waals surface area contributed by atoms with Crippen LogP contribution in [0.25, 0.3) is 11.0 Å². The molecule has 1 aromatic heterocycles. The van der Waals surface area contributed by atoms with Crippen LogP contribution < -0.4 is 5.32 Å². The first kappa shape index (κ1) is 24.5. The summed E-state index contributed by atoms with van der Waals surface area (Å²) >= 11 is 1.45. The minimum Gasteiger partial charge on any atom is -0.342 e. The van der Waals surface area contributed by atoms with Gasteiger partial charge in [-0.2, -0.15) is 0 Å². The highest BCUT2D eigenvalue weighted by atomic mass is 32.2. The van der Waals surface area contributed by atoms with Gasteiger partial charge in [0.2, 0.25) is 0 Å². The number of nitro groups is 1. The maximum absolute atomic E-state index is 13.2. The normalized spacial score (nSPS) is 12.1. The Bertz CT molecular complexity index is 1290. The first-order valence-electron chi connectivity index (χ1n) is 11.6. The standard InChI is InChI=1S/C27H28N4O3S/c1-18(2)14-15-35-25-13-12-20(17-24(25)31(33)34)27(32)30-23(16-19-8-4-3-5-9-19)26-28-21-10-6-7-11-22(21)29-26/h3-13,17-18,23H,14-16H2,1-2H3,(H,28,29)(H,30,32). The minimum atomic E-state index is -0.434. The van der Waals surface area contributed by atoms with Gasteiger partial charge in [0.15, 0.2) is 0 Å². The summed E-state index contributed by atoms with van der Waals surface area (Å²) in [5, 5.41) is 14.8. The average Bonchev–Trinajstić information content (AvgIpc) is 3.28. The molecule has 2 N–H and O–H groups in total. The SMILES string of the molecule is CC(C)CCSc1ccc(C(=O)NC(Cc2ccccc2)c2nc3ccccc3[nH]2)cc1[N+](=O)[O-]. The van der Waals surface area contributed by atoms with E-state index in [0.29, 0.717) is 23.1 Å². The van der Waals surface area contributed by atoms with Gasteiger partial charge in [0, 0.05) is 11.6 Å². The molecule has 0 bridgehead atoms. The Morgan fingerprint density at radius 3 is 2.54 bits per heavy atom. The van der Waals surface area contributed by atoms with Crippen molar-refractivity contribution in [1.82, 2.24) is 15.3 Å². The topological polar surface area (TPSA) is 101 Å². The summed E-state index contributed by atoms with van der Waals surface area (Å²) in [5.74, 6) is 1.56. The third kappa shape index (κ3) is 6.27. The lowest BCUT2D eigenvalue weighted by Crippen LogP contribution is -2.30. The van der Waals surface area contributed by atoms with Gasteiger partial charge in [-0.05, 0) is 54.3 Å². The number of amides is 1. The number of hydrogen-bond acceptors (Lipinski definition) is 5. The summed E-state index contributed by atoms with van der Waals surface area (Å²) in [6.45, 7) is 4.24. The van der Waals surface area contributed by atoms with E-state index >= 15 is 0 Å². The Morgan fingerprint density at radius 2 is 1.83 bits per heavy atom. The molecule has 1 unspecified atom stereocenters. The lowest BCUT2D eigenvalue weighted by atomic mass is 10.0. The molecule has 0 spiro atoms. The van der Waals surface area contributed by atoms with E-state index in [1.165, 1.54) is 17.8 Å². The number of benzene rings is 3. The highest BCUT2D eigenvalue weighted by Gasteiger charge is 2.23. The highest BCUT2D eigenvalue weighted by Crippen LogP contribution is 2.31. The van der Waals surface area contributed by atoms with Crippen molar-refractivity contribution >= 4 is 34.4 Å². The van der Waals surface area contributed by atoms with E-state index in [9.17, 15) is 14.9 Å². The third-order valence-electron chi connectivity index (χ3n) is 5.70. The molecule has 0 saturated heterocycles. The minimum absolute atomic E-state index is 0.0465. The van der Waals surface area contributed by atoms with Crippen LogP contribution in [0.2, 0.25) is 0 Å². The average molecular weight is 489 g/mol. The van der Waals surface area contributed by atoms with Crippen molar-refractivity contribution in [2.45, 2.75) is 37.6 Å². The van der Waals surface area contributed by atoms with Crippen LogP contribution in [-0.2, 0) is 6.42 Å². The number of nitro benzene ring substituents is 1. The van der Waals surface area contributed by atoms with E-state index in [0.717, 1.165) is 28.8 Å². The molecule has 0 aliphatic heterocycles. The lowest BCUT2D eigenvalue weighted by molar-refractivity contribution is -0.387. The van der Waals surface area contributed by atoms with E-state index in [4.69, 9.17) is 0 Å². The van der Waals surface area contributed by atoms with Crippen LogP contribution in [0.1, 0.15) is 48.1 Å². The first-order valence-corrected chi connectivity index (χ1v) is 12.6. The fourth-order valence-electron chi connectivity index (χ4n) is 3.77. The first-order chi connectivity index (χ1) is 16.9. The number of hydrogen-bond donors (Lipinski definition) is 2. The van der Waals surface area contributed by atoms with E-state index in [-0.39, 0.29) is 17.2 Å². The van der Waals surface area contributed by atoms with E-state index in [2.05, 4.69) is 29.1 Å². The van der Waals surface area contributed by atoms with Crippen molar-refractivity contribution in [2.24, 2.45) is 5.92 Å². The molecule has 4 aromatic rings. The van der Waals surface area contributed by atoms with Crippen LogP contribution in [0.15, 0.2) is 77.7 Å². The van der Waals surface area contributed by atoms with Gasteiger partial charge < -0.3 is 10.3 Å². The van der Waals surface area contributed by atoms with Crippen molar-refractivity contribution in [3.05, 3.63) is 99.9 Å².